The van der Waals surface area contributed by atoms with E-state index < -0.39 is 6.10 Å². The number of benzene rings is 3. The second kappa shape index (κ2) is 12.7. The van der Waals surface area contributed by atoms with Crippen LogP contribution in [-0.4, -0.2) is 64.9 Å². The lowest BCUT2D eigenvalue weighted by Gasteiger charge is -2.40. The Bertz CT molecular complexity index is 1250. The van der Waals surface area contributed by atoms with Crippen molar-refractivity contribution in [3.63, 3.8) is 0 Å². The van der Waals surface area contributed by atoms with Crippen LogP contribution in [0.5, 0.6) is 5.75 Å². The zero-order valence-corrected chi connectivity index (χ0v) is 22.1. The predicted molar refractivity (Wildman–Crippen MR) is 155 cm³/mol. The van der Waals surface area contributed by atoms with E-state index in [0.717, 1.165) is 43.2 Å². The molecule has 5 nitrogen and oxygen atoms in total. The standard InChI is InChI=1S/C33H37N3O2/c1-34-20-10-16-30(34)19-18-27-11-8-9-17-32(27)38-26-31(37)25-35-21-23-36(24-22-35)33(28-12-4-2-5-13-28)29-14-6-3-7-15-29/h2-20,31,33,37H,21-26H2,1H3/b19-18+. The zero-order chi connectivity index (χ0) is 26.2. The molecule has 0 spiro atoms. The van der Waals surface area contributed by atoms with E-state index in [1.165, 1.54) is 11.1 Å². The van der Waals surface area contributed by atoms with Crippen molar-refractivity contribution in [2.45, 2.75) is 12.1 Å². The molecular weight excluding hydrogens is 470 g/mol. The van der Waals surface area contributed by atoms with E-state index >= 15 is 0 Å². The van der Waals surface area contributed by atoms with Crippen LogP contribution in [0.2, 0.25) is 0 Å². The summed E-state index contributed by atoms with van der Waals surface area (Å²) in [5.41, 5.74) is 4.77. The van der Waals surface area contributed by atoms with Gasteiger partial charge in [-0.05, 0) is 41.5 Å². The maximum atomic E-state index is 10.8. The third-order valence-corrected chi connectivity index (χ3v) is 7.24. The number of ether oxygens (including phenoxy) is 1. The Morgan fingerprint density at radius 1 is 0.763 bits per heavy atom. The highest BCUT2D eigenvalue weighted by molar-refractivity contribution is 5.71. The molecule has 0 aliphatic carbocycles. The number of aromatic nitrogens is 1. The monoisotopic (exact) mass is 507 g/mol. The van der Waals surface area contributed by atoms with E-state index in [0.29, 0.717) is 6.54 Å². The summed E-state index contributed by atoms with van der Waals surface area (Å²) in [6, 6.07) is 33.8. The van der Waals surface area contributed by atoms with Crippen molar-refractivity contribution in [3.8, 4) is 5.75 Å². The third kappa shape index (κ3) is 6.62. The van der Waals surface area contributed by atoms with Gasteiger partial charge in [0.15, 0.2) is 0 Å². The minimum absolute atomic E-state index is 0.243. The van der Waals surface area contributed by atoms with E-state index in [-0.39, 0.29) is 12.6 Å². The Kier molecular flexibility index (Phi) is 8.71. The molecule has 1 unspecified atom stereocenters. The summed E-state index contributed by atoms with van der Waals surface area (Å²) in [5, 5.41) is 10.8. The SMILES string of the molecule is Cn1cccc1/C=C/c1ccccc1OCC(O)CN1CCN(C(c2ccccc2)c2ccccc2)CC1. The molecule has 0 amide bonds. The first-order valence-electron chi connectivity index (χ1n) is 13.4. The highest BCUT2D eigenvalue weighted by Crippen LogP contribution is 2.29. The smallest absolute Gasteiger partial charge is 0.126 e. The van der Waals surface area contributed by atoms with Gasteiger partial charge in [0.2, 0.25) is 0 Å². The van der Waals surface area contributed by atoms with Crippen molar-refractivity contribution in [1.29, 1.82) is 0 Å². The fourth-order valence-electron chi connectivity index (χ4n) is 5.20. The molecule has 1 atom stereocenters. The highest BCUT2D eigenvalue weighted by atomic mass is 16.5. The van der Waals surface area contributed by atoms with Gasteiger partial charge in [-0.3, -0.25) is 9.80 Å². The summed E-state index contributed by atoms with van der Waals surface area (Å²) in [5.74, 6) is 0.787. The molecule has 5 rings (SSSR count). The summed E-state index contributed by atoms with van der Waals surface area (Å²) in [6.45, 7) is 4.62. The summed E-state index contributed by atoms with van der Waals surface area (Å²) in [6.07, 6.45) is 5.62. The predicted octanol–water partition coefficient (Wildman–Crippen LogP) is 5.34. The second-order valence-electron chi connectivity index (χ2n) is 9.94. The quantitative estimate of drug-likeness (QED) is 0.315. The Morgan fingerprint density at radius 2 is 1.39 bits per heavy atom. The first kappa shape index (κ1) is 26.0. The fourth-order valence-corrected chi connectivity index (χ4v) is 5.20. The van der Waals surface area contributed by atoms with Crippen LogP contribution in [0.3, 0.4) is 0 Å². The van der Waals surface area contributed by atoms with Crippen LogP contribution in [0.15, 0.2) is 103 Å². The Labute approximate surface area is 226 Å². The lowest BCUT2D eigenvalue weighted by Crippen LogP contribution is -2.50. The van der Waals surface area contributed by atoms with Gasteiger partial charge >= 0.3 is 0 Å². The molecule has 1 aliphatic rings. The first-order valence-corrected chi connectivity index (χ1v) is 13.4. The molecule has 2 heterocycles. The molecule has 0 radical (unpaired) electrons. The molecule has 1 fully saturated rings. The van der Waals surface area contributed by atoms with Gasteiger partial charge in [-0.1, -0.05) is 78.9 Å². The molecule has 1 aliphatic heterocycles. The van der Waals surface area contributed by atoms with Crippen LogP contribution in [0, 0.1) is 0 Å². The van der Waals surface area contributed by atoms with Crippen LogP contribution in [0.25, 0.3) is 12.2 Å². The van der Waals surface area contributed by atoms with Crippen LogP contribution < -0.4 is 4.74 Å². The molecule has 0 bridgehead atoms. The van der Waals surface area contributed by atoms with E-state index in [1.54, 1.807) is 0 Å². The van der Waals surface area contributed by atoms with Crippen molar-refractivity contribution < 1.29 is 9.84 Å². The zero-order valence-electron chi connectivity index (χ0n) is 22.1. The number of hydrogen-bond donors (Lipinski definition) is 1. The van der Waals surface area contributed by atoms with Crippen LogP contribution in [0.1, 0.15) is 28.4 Å². The molecule has 196 valence electrons. The summed E-state index contributed by atoms with van der Waals surface area (Å²) in [7, 11) is 2.03. The van der Waals surface area contributed by atoms with Crippen molar-refractivity contribution in [3.05, 3.63) is 126 Å². The number of aryl methyl sites for hydroxylation is 1. The van der Waals surface area contributed by atoms with Crippen molar-refractivity contribution in [1.82, 2.24) is 14.4 Å². The number of piperazine rings is 1. The molecule has 5 heteroatoms. The Morgan fingerprint density at radius 3 is 2.03 bits per heavy atom. The summed E-state index contributed by atoms with van der Waals surface area (Å²) in [4.78, 5) is 4.90. The van der Waals surface area contributed by atoms with E-state index in [9.17, 15) is 5.11 Å². The van der Waals surface area contributed by atoms with Crippen molar-refractivity contribution in [2.75, 3.05) is 39.3 Å². The molecule has 1 aromatic heterocycles. The topological polar surface area (TPSA) is 40.9 Å². The maximum absolute atomic E-state index is 10.8. The molecule has 0 saturated carbocycles. The number of nitrogens with zero attached hydrogens (tertiary/aromatic N) is 3. The number of rotatable bonds is 10. The van der Waals surface area contributed by atoms with E-state index in [4.69, 9.17) is 4.74 Å². The van der Waals surface area contributed by atoms with Gasteiger partial charge in [0.25, 0.3) is 0 Å². The lowest BCUT2D eigenvalue weighted by molar-refractivity contribution is 0.0400. The largest absolute Gasteiger partial charge is 0.490 e. The van der Waals surface area contributed by atoms with Gasteiger partial charge in [0.1, 0.15) is 18.5 Å². The molecule has 4 aromatic rings. The third-order valence-electron chi connectivity index (χ3n) is 7.24. The van der Waals surface area contributed by atoms with Crippen molar-refractivity contribution >= 4 is 12.2 Å². The Balaban J connectivity index is 1.15. The molecule has 3 aromatic carbocycles. The molecule has 1 N–H and O–H groups in total. The number of hydrogen-bond acceptors (Lipinski definition) is 4. The number of β-amino-alcohol motifs (C(OH)–C–C–N with tert-alkyl or cyclic N) is 1. The van der Waals surface area contributed by atoms with Gasteiger partial charge in [0.05, 0.1) is 6.04 Å². The van der Waals surface area contributed by atoms with E-state index in [1.807, 2.05) is 43.6 Å². The average Bonchev–Trinajstić information content (AvgIpc) is 3.38. The minimum atomic E-state index is -0.550. The van der Waals surface area contributed by atoms with E-state index in [2.05, 4.69) is 93.2 Å². The number of aliphatic hydroxyl groups excluding tert-OH is 1. The molecular formula is C33H37N3O2. The second-order valence-corrected chi connectivity index (χ2v) is 9.94. The summed E-state index contributed by atoms with van der Waals surface area (Å²) >= 11 is 0. The average molecular weight is 508 g/mol. The van der Waals surface area contributed by atoms with Crippen LogP contribution in [-0.2, 0) is 7.05 Å². The van der Waals surface area contributed by atoms with Crippen LogP contribution >= 0.6 is 0 Å². The maximum Gasteiger partial charge on any atom is 0.126 e. The van der Waals surface area contributed by atoms with Gasteiger partial charge in [-0.2, -0.15) is 0 Å². The highest BCUT2D eigenvalue weighted by Gasteiger charge is 2.27. The van der Waals surface area contributed by atoms with Crippen LogP contribution in [0.4, 0.5) is 0 Å². The normalized spacial score (nSPS) is 15.8. The lowest BCUT2D eigenvalue weighted by atomic mass is 9.96. The van der Waals surface area contributed by atoms with Gasteiger partial charge in [-0.25, -0.2) is 0 Å². The Hall–Kier alpha value is -3.64. The van der Waals surface area contributed by atoms with Gasteiger partial charge in [0, 0.05) is 57.2 Å². The molecule has 1 saturated heterocycles. The number of aliphatic hydroxyl groups is 1. The number of para-hydroxylation sites is 1. The van der Waals surface area contributed by atoms with Gasteiger partial charge < -0.3 is 14.4 Å². The fraction of sp³-hybridized carbons (Fsp3) is 0.273. The summed E-state index contributed by atoms with van der Waals surface area (Å²) < 4.78 is 8.15. The van der Waals surface area contributed by atoms with Gasteiger partial charge in [-0.15, -0.1) is 0 Å². The van der Waals surface area contributed by atoms with Crippen molar-refractivity contribution in [2.24, 2.45) is 7.05 Å². The molecule has 38 heavy (non-hydrogen) atoms. The minimum Gasteiger partial charge on any atom is -0.490 e. The first-order chi connectivity index (χ1) is 18.7.